The molecule has 0 saturated carbocycles. The minimum atomic E-state index is -0.305. The van der Waals surface area contributed by atoms with Crippen molar-refractivity contribution in [2.75, 3.05) is 0 Å². The van der Waals surface area contributed by atoms with E-state index in [0.717, 1.165) is 16.6 Å². The summed E-state index contributed by atoms with van der Waals surface area (Å²) in [6.45, 7) is 0.175. The van der Waals surface area contributed by atoms with Crippen LogP contribution in [0, 0.1) is 17.1 Å². The van der Waals surface area contributed by atoms with E-state index in [0.29, 0.717) is 28.8 Å². The first-order chi connectivity index (χ1) is 14.2. The number of imidazole rings is 1. The van der Waals surface area contributed by atoms with Gasteiger partial charge in [-0.1, -0.05) is 6.07 Å². The molecule has 5 rings (SSSR count). The summed E-state index contributed by atoms with van der Waals surface area (Å²) in [6, 6.07) is 12.8. The molecule has 0 spiro atoms. The number of hydrogen-bond acceptors (Lipinski definition) is 5. The maximum absolute atomic E-state index is 14.6. The van der Waals surface area contributed by atoms with E-state index in [9.17, 15) is 4.39 Å². The average Bonchev–Trinajstić information content (AvgIpc) is 3.36. The van der Waals surface area contributed by atoms with E-state index in [1.165, 1.54) is 6.07 Å². The monoisotopic (exact) mass is 383 g/mol. The van der Waals surface area contributed by atoms with E-state index in [1.54, 1.807) is 34.0 Å². The van der Waals surface area contributed by atoms with Gasteiger partial charge in [-0.15, -0.1) is 0 Å². The zero-order valence-electron chi connectivity index (χ0n) is 15.2. The first-order valence-corrected chi connectivity index (χ1v) is 8.98. The van der Waals surface area contributed by atoms with Crippen LogP contribution >= 0.6 is 0 Å². The molecule has 0 amide bonds. The molecular formula is C21H14FN7. The van der Waals surface area contributed by atoms with Crippen molar-refractivity contribution in [2.45, 2.75) is 13.0 Å². The van der Waals surface area contributed by atoms with Gasteiger partial charge in [0.25, 0.3) is 0 Å². The standard InChI is InChI=1S/C21H14FN7/c22-18-10-20-14(2-1-6-24-20)8-15(18)9-17-12-25-21-4-3-19(27-29(17)21)16-11-26-28(13-16)7-5-23/h1-4,6,8,10-13H,7,9H2. The Labute approximate surface area is 164 Å². The quantitative estimate of drug-likeness (QED) is 0.475. The second-order valence-electron chi connectivity index (χ2n) is 6.64. The highest BCUT2D eigenvalue weighted by Gasteiger charge is 2.12. The fourth-order valence-electron chi connectivity index (χ4n) is 3.32. The summed E-state index contributed by atoms with van der Waals surface area (Å²) in [4.78, 5) is 8.57. The molecule has 140 valence electrons. The fourth-order valence-corrected chi connectivity index (χ4v) is 3.32. The van der Waals surface area contributed by atoms with Gasteiger partial charge in [0.05, 0.1) is 35.4 Å². The number of rotatable bonds is 4. The van der Waals surface area contributed by atoms with Gasteiger partial charge < -0.3 is 0 Å². The topological polar surface area (TPSA) is 84.7 Å². The first kappa shape index (κ1) is 17.0. The Kier molecular flexibility index (Phi) is 3.99. The van der Waals surface area contributed by atoms with E-state index >= 15 is 0 Å². The van der Waals surface area contributed by atoms with Crippen LogP contribution in [0.5, 0.6) is 0 Å². The SMILES string of the molecule is N#CCn1cc(-c2ccc3ncc(Cc4cc5cccnc5cc4F)n3n2)cn1. The molecule has 0 aliphatic carbocycles. The van der Waals surface area contributed by atoms with Crippen molar-refractivity contribution in [3.8, 4) is 17.3 Å². The van der Waals surface area contributed by atoms with Crippen molar-refractivity contribution < 1.29 is 4.39 Å². The number of nitriles is 1. The van der Waals surface area contributed by atoms with Crippen LogP contribution in [0.2, 0.25) is 0 Å². The Balaban J connectivity index is 1.54. The molecule has 0 N–H and O–H groups in total. The van der Waals surface area contributed by atoms with Crippen molar-refractivity contribution >= 4 is 16.6 Å². The summed E-state index contributed by atoms with van der Waals surface area (Å²) in [6.07, 6.45) is 7.14. The normalized spacial score (nSPS) is 11.2. The predicted octanol–water partition coefficient (Wildman–Crippen LogP) is 3.39. The molecule has 7 nitrogen and oxygen atoms in total. The minimum Gasteiger partial charge on any atom is -0.258 e. The number of halogens is 1. The minimum absolute atomic E-state index is 0.175. The predicted molar refractivity (Wildman–Crippen MR) is 104 cm³/mol. The largest absolute Gasteiger partial charge is 0.258 e. The lowest BCUT2D eigenvalue weighted by atomic mass is 10.1. The van der Waals surface area contributed by atoms with Gasteiger partial charge in [-0.3, -0.25) is 9.67 Å². The number of hydrogen-bond donors (Lipinski definition) is 0. The lowest BCUT2D eigenvalue weighted by molar-refractivity contribution is 0.614. The molecule has 0 aliphatic rings. The molecule has 0 atom stereocenters. The molecule has 4 heterocycles. The van der Waals surface area contributed by atoms with Crippen LogP contribution in [0.15, 0.2) is 61.2 Å². The van der Waals surface area contributed by atoms with Crippen molar-refractivity contribution in [1.82, 2.24) is 29.4 Å². The van der Waals surface area contributed by atoms with E-state index in [1.807, 2.05) is 30.3 Å². The number of aromatic nitrogens is 6. The van der Waals surface area contributed by atoms with Crippen LogP contribution in [-0.4, -0.2) is 29.4 Å². The van der Waals surface area contributed by atoms with Crippen molar-refractivity contribution in [1.29, 1.82) is 5.26 Å². The molecule has 5 aromatic rings. The first-order valence-electron chi connectivity index (χ1n) is 8.98. The zero-order chi connectivity index (χ0) is 19.8. The van der Waals surface area contributed by atoms with Crippen LogP contribution < -0.4 is 0 Å². The highest BCUT2D eigenvalue weighted by Crippen LogP contribution is 2.22. The van der Waals surface area contributed by atoms with Crippen LogP contribution in [0.4, 0.5) is 4.39 Å². The van der Waals surface area contributed by atoms with Gasteiger partial charge in [-0.25, -0.2) is 13.9 Å². The average molecular weight is 383 g/mol. The molecule has 0 saturated heterocycles. The third kappa shape index (κ3) is 3.08. The molecular weight excluding hydrogens is 369 g/mol. The van der Waals surface area contributed by atoms with Crippen molar-refractivity contribution in [2.24, 2.45) is 0 Å². The Morgan fingerprint density at radius 1 is 1.10 bits per heavy atom. The number of nitrogens with zero attached hydrogens (tertiary/aromatic N) is 7. The second kappa shape index (κ2) is 6.80. The second-order valence-corrected chi connectivity index (χ2v) is 6.64. The highest BCUT2D eigenvalue weighted by molar-refractivity contribution is 5.79. The van der Waals surface area contributed by atoms with Gasteiger partial charge in [-0.2, -0.15) is 15.5 Å². The Bertz CT molecular complexity index is 1390. The van der Waals surface area contributed by atoms with Gasteiger partial charge in [0.1, 0.15) is 12.4 Å². The van der Waals surface area contributed by atoms with Crippen LogP contribution in [0.25, 0.3) is 27.8 Å². The third-order valence-corrected chi connectivity index (χ3v) is 4.74. The van der Waals surface area contributed by atoms with Crippen LogP contribution in [0.1, 0.15) is 11.3 Å². The summed E-state index contributed by atoms with van der Waals surface area (Å²) in [7, 11) is 0. The maximum atomic E-state index is 14.6. The van der Waals surface area contributed by atoms with E-state index in [2.05, 4.69) is 26.2 Å². The summed E-state index contributed by atoms with van der Waals surface area (Å²) in [5.41, 5.74) is 4.13. The molecule has 0 unspecified atom stereocenters. The Morgan fingerprint density at radius 3 is 2.93 bits per heavy atom. The van der Waals surface area contributed by atoms with Crippen LogP contribution in [0.3, 0.4) is 0 Å². The summed E-state index contributed by atoms with van der Waals surface area (Å²) < 4.78 is 17.9. The summed E-state index contributed by atoms with van der Waals surface area (Å²) >= 11 is 0. The van der Waals surface area contributed by atoms with E-state index < -0.39 is 0 Å². The third-order valence-electron chi connectivity index (χ3n) is 4.74. The molecule has 0 radical (unpaired) electrons. The Morgan fingerprint density at radius 2 is 2.03 bits per heavy atom. The lowest BCUT2D eigenvalue weighted by Gasteiger charge is -2.06. The fraction of sp³-hybridized carbons (Fsp3) is 0.0952. The molecule has 4 aromatic heterocycles. The molecule has 0 fully saturated rings. The van der Waals surface area contributed by atoms with Gasteiger partial charge in [0, 0.05) is 35.8 Å². The van der Waals surface area contributed by atoms with Gasteiger partial charge in [0.15, 0.2) is 5.65 Å². The molecule has 8 heteroatoms. The number of pyridine rings is 1. The van der Waals surface area contributed by atoms with Gasteiger partial charge in [-0.05, 0) is 29.8 Å². The molecule has 0 aliphatic heterocycles. The highest BCUT2D eigenvalue weighted by atomic mass is 19.1. The van der Waals surface area contributed by atoms with Crippen molar-refractivity contribution in [3.63, 3.8) is 0 Å². The number of fused-ring (bicyclic) bond motifs is 2. The summed E-state index contributed by atoms with van der Waals surface area (Å²) in [5.74, 6) is -0.305. The Hall–Kier alpha value is -4.12. The molecule has 1 aromatic carbocycles. The molecule has 0 bridgehead atoms. The van der Waals surface area contributed by atoms with Crippen molar-refractivity contribution in [3.05, 3.63) is 78.3 Å². The van der Waals surface area contributed by atoms with E-state index in [4.69, 9.17) is 5.26 Å². The smallest absolute Gasteiger partial charge is 0.153 e. The zero-order valence-corrected chi connectivity index (χ0v) is 15.2. The van der Waals surface area contributed by atoms with Crippen LogP contribution in [-0.2, 0) is 13.0 Å². The maximum Gasteiger partial charge on any atom is 0.153 e. The van der Waals surface area contributed by atoms with E-state index in [-0.39, 0.29) is 12.4 Å². The number of benzene rings is 1. The lowest BCUT2D eigenvalue weighted by Crippen LogP contribution is -2.02. The van der Waals surface area contributed by atoms with Gasteiger partial charge >= 0.3 is 0 Å². The molecule has 29 heavy (non-hydrogen) atoms. The van der Waals surface area contributed by atoms with Gasteiger partial charge in [0.2, 0.25) is 0 Å². The summed E-state index contributed by atoms with van der Waals surface area (Å²) in [5, 5.41) is 18.5.